The van der Waals surface area contributed by atoms with E-state index in [1.54, 1.807) is 24.3 Å². The minimum Gasteiger partial charge on any atom is -0.340 e. The highest BCUT2D eigenvalue weighted by atomic mass is 35.5. The van der Waals surface area contributed by atoms with Crippen molar-refractivity contribution in [1.82, 2.24) is 9.97 Å². The van der Waals surface area contributed by atoms with Crippen LogP contribution in [0.1, 0.15) is 22.1 Å². The van der Waals surface area contributed by atoms with Gasteiger partial charge in [-0.1, -0.05) is 35.9 Å². The van der Waals surface area contributed by atoms with Crippen LogP contribution in [-0.4, -0.2) is 15.8 Å². The molecule has 2 aromatic carbocycles. The molecule has 5 heteroatoms. The molecule has 3 aromatic rings. The molecule has 1 N–H and O–H groups in total. The number of halogens is 1. The number of nitrogens with one attached hydrogen (secondary N) is 1. The second-order valence-electron chi connectivity index (χ2n) is 4.55. The molecule has 1 heterocycles. The van der Waals surface area contributed by atoms with Crippen LogP contribution in [0.2, 0.25) is 5.02 Å². The van der Waals surface area contributed by atoms with Gasteiger partial charge < -0.3 is 4.98 Å². The van der Waals surface area contributed by atoms with E-state index in [0.29, 0.717) is 16.4 Å². The van der Waals surface area contributed by atoms with E-state index >= 15 is 0 Å². The Morgan fingerprint density at radius 3 is 2.62 bits per heavy atom. The predicted molar refractivity (Wildman–Crippen MR) is 80.2 cm³/mol. The smallest absolute Gasteiger partial charge is 0.189 e. The van der Waals surface area contributed by atoms with Gasteiger partial charge in [0, 0.05) is 5.56 Å². The Morgan fingerprint density at radius 2 is 1.90 bits per heavy atom. The van der Waals surface area contributed by atoms with Crippen LogP contribution in [0.15, 0.2) is 48.5 Å². The summed E-state index contributed by atoms with van der Waals surface area (Å²) < 4.78 is 0. The van der Waals surface area contributed by atoms with E-state index in [0.717, 1.165) is 11.0 Å². The fourth-order valence-electron chi connectivity index (χ4n) is 2.17. The van der Waals surface area contributed by atoms with Crippen LogP contribution < -0.4 is 0 Å². The molecule has 0 radical (unpaired) electrons. The Kier molecular flexibility index (Phi) is 3.43. The van der Waals surface area contributed by atoms with Crippen molar-refractivity contribution in [3.63, 3.8) is 0 Å². The number of aromatic nitrogens is 2. The minimum absolute atomic E-state index is 0.325. The minimum atomic E-state index is -1.00. The largest absolute Gasteiger partial charge is 0.340 e. The van der Waals surface area contributed by atoms with Crippen molar-refractivity contribution >= 4 is 28.4 Å². The molecule has 1 aromatic heterocycles. The lowest BCUT2D eigenvalue weighted by molar-refractivity contribution is 0.0976. The number of Topliss-reactive ketones (excluding diaryl/α,β-unsaturated/α-hetero) is 1. The second kappa shape index (κ2) is 5.39. The first kappa shape index (κ1) is 13.3. The fourth-order valence-corrected chi connectivity index (χ4v) is 2.40. The van der Waals surface area contributed by atoms with Gasteiger partial charge in [-0.25, -0.2) is 4.98 Å². The van der Waals surface area contributed by atoms with Gasteiger partial charge in [-0.15, -0.1) is 0 Å². The molecule has 0 saturated carbocycles. The highest BCUT2D eigenvalue weighted by molar-refractivity contribution is 6.34. The molecule has 1 atom stereocenters. The number of aromatic amines is 1. The van der Waals surface area contributed by atoms with E-state index in [2.05, 4.69) is 9.97 Å². The average Bonchev–Trinajstić information content (AvgIpc) is 2.91. The monoisotopic (exact) mass is 295 g/mol. The van der Waals surface area contributed by atoms with Gasteiger partial charge in [0.1, 0.15) is 5.82 Å². The standard InChI is InChI=1S/C16H10ClN3O/c17-12-6-2-1-5-10(12)15(21)11(9-18)16-19-13-7-3-4-8-14(13)20-16/h1-8,11H,(H,19,20)/t11-/m1/s1. The third-order valence-electron chi connectivity index (χ3n) is 3.21. The number of hydrogen-bond acceptors (Lipinski definition) is 3. The molecule has 0 unspecified atom stereocenters. The number of rotatable bonds is 3. The van der Waals surface area contributed by atoms with Crippen LogP contribution in [-0.2, 0) is 0 Å². The number of hydrogen-bond donors (Lipinski definition) is 1. The third-order valence-corrected chi connectivity index (χ3v) is 3.54. The molecule has 102 valence electrons. The maximum absolute atomic E-state index is 12.5. The molecule has 21 heavy (non-hydrogen) atoms. The molecular formula is C16H10ClN3O. The second-order valence-corrected chi connectivity index (χ2v) is 4.95. The molecule has 0 bridgehead atoms. The number of para-hydroxylation sites is 2. The van der Waals surface area contributed by atoms with Gasteiger partial charge in [0.25, 0.3) is 0 Å². The molecule has 4 nitrogen and oxygen atoms in total. The summed E-state index contributed by atoms with van der Waals surface area (Å²) in [5.74, 6) is -1.02. The Hall–Kier alpha value is -2.64. The summed E-state index contributed by atoms with van der Waals surface area (Å²) in [4.78, 5) is 19.8. The molecule has 0 saturated heterocycles. The van der Waals surface area contributed by atoms with Crippen molar-refractivity contribution in [3.8, 4) is 6.07 Å². The van der Waals surface area contributed by atoms with Crippen LogP contribution >= 0.6 is 11.6 Å². The number of carbonyl (C=O) groups excluding carboxylic acids is 1. The Bertz CT molecular complexity index is 830. The van der Waals surface area contributed by atoms with Gasteiger partial charge in [-0.2, -0.15) is 5.26 Å². The molecule has 0 spiro atoms. The number of H-pyrrole nitrogens is 1. The van der Waals surface area contributed by atoms with E-state index < -0.39 is 5.92 Å². The predicted octanol–water partition coefficient (Wildman–Crippen LogP) is 3.71. The van der Waals surface area contributed by atoms with Gasteiger partial charge in [-0.3, -0.25) is 4.79 Å². The topological polar surface area (TPSA) is 69.5 Å². The van der Waals surface area contributed by atoms with E-state index in [9.17, 15) is 10.1 Å². The number of fused-ring (bicyclic) bond motifs is 1. The first-order valence-corrected chi connectivity index (χ1v) is 6.71. The third kappa shape index (κ3) is 2.39. The molecular weight excluding hydrogens is 286 g/mol. The lowest BCUT2D eigenvalue weighted by Gasteiger charge is -2.06. The summed E-state index contributed by atoms with van der Waals surface area (Å²) in [5, 5.41) is 9.69. The Morgan fingerprint density at radius 1 is 1.19 bits per heavy atom. The van der Waals surface area contributed by atoms with Gasteiger partial charge in [0.15, 0.2) is 11.7 Å². The molecule has 3 rings (SSSR count). The van der Waals surface area contributed by atoms with Gasteiger partial charge >= 0.3 is 0 Å². The molecule has 0 aliphatic carbocycles. The van der Waals surface area contributed by atoms with Crippen molar-refractivity contribution in [2.75, 3.05) is 0 Å². The molecule has 0 aliphatic rings. The van der Waals surface area contributed by atoms with Crippen LogP contribution in [0.3, 0.4) is 0 Å². The van der Waals surface area contributed by atoms with Gasteiger partial charge in [0.05, 0.1) is 22.1 Å². The SMILES string of the molecule is N#C[C@H](C(=O)c1ccccc1Cl)c1nc2ccccc2[nH]1. The number of imidazole rings is 1. The zero-order valence-corrected chi connectivity index (χ0v) is 11.6. The van der Waals surface area contributed by atoms with E-state index in [1.165, 1.54) is 0 Å². The number of nitrogens with zero attached hydrogens (tertiary/aromatic N) is 2. The zero-order valence-electron chi connectivity index (χ0n) is 10.9. The highest BCUT2D eigenvalue weighted by Crippen LogP contribution is 2.24. The van der Waals surface area contributed by atoms with E-state index in [4.69, 9.17) is 11.6 Å². The first-order chi connectivity index (χ1) is 10.2. The number of ketones is 1. The van der Waals surface area contributed by atoms with E-state index in [-0.39, 0.29) is 5.78 Å². The Balaban J connectivity index is 2.04. The summed E-state index contributed by atoms with van der Waals surface area (Å²) in [6.45, 7) is 0. The average molecular weight is 296 g/mol. The molecule has 0 aliphatic heterocycles. The molecule has 0 amide bonds. The quantitative estimate of drug-likeness (QED) is 0.749. The van der Waals surface area contributed by atoms with Crippen LogP contribution in [0, 0.1) is 11.3 Å². The van der Waals surface area contributed by atoms with Crippen molar-refractivity contribution in [2.24, 2.45) is 0 Å². The van der Waals surface area contributed by atoms with Crippen LogP contribution in [0.25, 0.3) is 11.0 Å². The zero-order chi connectivity index (χ0) is 14.8. The summed E-state index contributed by atoms with van der Waals surface area (Å²) in [7, 11) is 0. The van der Waals surface area contributed by atoms with E-state index in [1.807, 2.05) is 30.3 Å². The Labute approximate surface area is 126 Å². The summed E-state index contributed by atoms with van der Waals surface area (Å²) in [6, 6.07) is 16.1. The number of benzene rings is 2. The summed E-state index contributed by atoms with van der Waals surface area (Å²) in [5.41, 5.74) is 1.84. The van der Waals surface area contributed by atoms with Crippen molar-refractivity contribution in [3.05, 3.63) is 64.9 Å². The normalized spacial score (nSPS) is 12.0. The van der Waals surface area contributed by atoms with Crippen LogP contribution in [0.4, 0.5) is 0 Å². The number of nitriles is 1. The summed E-state index contributed by atoms with van der Waals surface area (Å²) >= 11 is 6.03. The van der Waals surface area contributed by atoms with Gasteiger partial charge in [0.2, 0.25) is 0 Å². The van der Waals surface area contributed by atoms with Crippen molar-refractivity contribution < 1.29 is 4.79 Å². The summed E-state index contributed by atoms with van der Waals surface area (Å²) in [6.07, 6.45) is 0. The fraction of sp³-hybridized carbons (Fsp3) is 0.0625. The lowest BCUT2D eigenvalue weighted by atomic mass is 9.98. The van der Waals surface area contributed by atoms with Crippen molar-refractivity contribution in [2.45, 2.75) is 5.92 Å². The van der Waals surface area contributed by atoms with Crippen LogP contribution in [0.5, 0.6) is 0 Å². The maximum Gasteiger partial charge on any atom is 0.189 e. The molecule has 0 fully saturated rings. The maximum atomic E-state index is 12.5. The van der Waals surface area contributed by atoms with Crippen molar-refractivity contribution in [1.29, 1.82) is 5.26 Å². The van der Waals surface area contributed by atoms with Gasteiger partial charge in [-0.05, 0) is 24.3 Å². The lowest BCUT2D eigenvalue weighted by Crippen LogP contribution is -2.13. The first-order valence-electron chi connectivity index (χ1n) is 6.33. The number of carbonyl (C=O) groups is 1. The highest BCUT2D eigenvalue weighted by Gasteiger charge is 2.26.